The van der Waals surface area contributed by atoms with E-state index in [1.807, 2.05) is 0 Å². The molecule has 0 spiro atoms. The molecule has 66 valence electrons. The maximum atomic E-state index is 11.1. The van der Waals surface area contributed by atoms with Crippen LogP contribution >= 0.6 is 38.9 Å². The minimum Gasteiger partial charge on any atom is -0.461 e. The number of thiazole rings is 1. The molecule has 0 aliphatic rings. The summed E-state index contributed by atoms with van der Waals surface area (Å²) in [5.41, 5.74) is 0.242. The zero-order valence-electron chi connectivity index (χ0n) is 6.13. The van der Waals surface area contributed by atoms with Crippen molar-refractivity contribution < 1.29 is 9.53 Å². The lowest BCUT2D eigenvalue weighted by Crippen LogP contribution is -2.05. The summed E-state index contributed by atoms with van der Waals surface area (Å²) in [4.78, 5) is 14.9. The maximum Gasteiger partial charge on any atom is 0.359 e. The van der Waals surface area contributed by atoms with Crippen molar-refractivity contribution in [2.45, 2.75) is 6.92 Å². The smallest absolute Gasteiger partial charge is 0.359 e. The average Bonchev–Trinajstić information content (AvgIpc) is 2.30. The highest BCUT2D eigenvalue weighted by atomic mass is 79.9. The van der Waals surface area contributed by atoms with Gasteiger partial charge in [0.1, 0.15) is 3.79 Å². The molecule has 1 aromatic heterocycles. The van der Waals surface area contributed by atoms with Crippen LogP contribution in [0.2, 0.25) is 4.47 Å². The number of aromatic nitrogens is 1. The number of esters is 1. The van der Waals surface area contributed by atoms with Crippen LogP contribution in [0.25, 0.3) is 0 Å². The molecule has 1 rings (SSSR count). The van der Waals surface area contributed by atoms with Crippen LogP contribution in [0.5, 0.6) is 0 Å². The van der Waals surface area contributed by atoms with Gasteiger partial charge in [0.2, 0.25) is 0 Å². The van der Waals surface area contributed by atoms with Crippen LogP contribution in [0.1, 0.15) is 17.4 Å². The van der Waals surface area contributed by atoms with Crippen molar-refractivity contribution in [1.82, 2.24) is 4.98 Å². The fraction of sp³-hybridized carbons (Fsp3) is 0.333. The molecule has 0 amide bonds. The van der Waals surface area contributed by atoms with Gasteiger partial charge in [-0.2, -0.15) is 0 Å². The monoisotopic (exact) mass is 269 g/mol. The SMILES string of the molecule is CCOC(=O)c1nc(Cl)sc1Br. The molecule has 0 unspecified atom stereocenters. The number of carbonyl (C=O) groups excluding carboxylic acids is 1. The molecule has 0 aromatic carbocycles. The van der Waals surface area contributed by atoms with E-state index in [0.717, 1.165) is 0 Å². The van der Waals surface area contributed by atoms with Crippen molar-refractivity contribution in [3.63, 3.8) is 0 Å². The molecule has 0 fully saturated rings. The second-order valence-corrected chi connectivity index (χ2v) is 4.71. The Morgan fingerprint density at radius 2 is 2.50 bits per heavy atom. The van der Waals surface area contributed by atoms with Gasteiger partial charge in [0.15, 0.2) is 10.2 Å². The van der Waals surface area contributed by atoms with Crippen LogP contribution in [0.4, 0.5) is 0 Å². The van der Waals surface area contributed by atoms with Crippen molar-refractivity contribution in [1.29, 1.82) is 0 Å². The van der Waals surface area contributed by atoms with Crippen molar-refractivity contribution in [2.24, 2.45) is 0 Å². The Kier molecular flexibility index (Phi) is 3.49. The summed E-state index contributed by atoms with van der Waals surface area (Å²) in [6.45, 7) is 2.07. The summed E-state index contributed by atoms with van der Waals surface area (Å²) in [6, 6.07) is 0. The Morgan fingerprint density at radius 3 is 2.92 bits per heavy atom. The van der Waals surface area contributed by atoms with E-state index >= 15 is 0 Å². The first-order valence-electron chi connectivity index (χ1n) is 3.14. The topological polar surface area (TPSA) is 39.2 Å². The van der Waals surface area contributed by atoms with E-state index in [1.165, 1.54) is 11.3 Å². The molecule has 0 saturated carbocycles. The maximum absolute atomic E-state index is 11.1. The highest BCUT2D eigenvalue weighted by molar-refractivity contribution is 9.11. The molecule has 1 heterocycles. The van der Waals surface area contributed by atoms with E-state index in [-0.39, 0.29) is 5.69 Å². The van der Waals surface area contributed by atoms with Gasteiger partial charge in [-0.25, -0.2) is 9.78 Å². The summed E-state index contributed by atoms with van der Waals surface area (Å²) in [6.07, 6.45) is 0. The lowest BCUT2D eigenvalue weighted by molar-refractivity contribution is 0.0519. The zero-order valence-corrected chi connectivity index (χ0v) is 9.29. The van der Waals surface area contributed by atoms with E-state index in [9.17, 15) is 4.79 Å². The first kappa shape index (κ1) is 9.95. The van der Waals surface area contributed by atoms with Gasteiger partial charge in [-0.15, -0.1) is 0 Å². The molecular formula is C6H5BrClNO2S. The molecule has 3 nitrogen and oxygen atoms in total. The lowest BCUT2D eigenvalue weighted by atomic mass is 10.5. The fourth-order valence-electron chi connectivity index (χ4n) is 0.602. The molecular weight excluding hydrogens is 265 g/mol. The number of halogens is 2. The molecule has 12 heavy (non-hydrogen) atoms. The predicted molar refractivity (Wildman–Crippen MR) is 50.8 cm³/mol. The van der Waals surface area contributed by atoms with Crippen molar-refractivity contribution in [2.75, 3.05) is 6.61 Å². The molecule has 0 bridgehead atoms. The van der Waals surface area contributed by atoms with Gasteiger partial charge in [0.25, 0.3) is 0 Å². The number of rotatable bonds is 2. The Morgan fingerprint density at radius 1 is 1.83 bits per heavy atom. The fourth-order valence-corrected chi connectivity index (χ4v) is 2.42. The number of nitrogens with zero attached hydrogens (tertiary/aromatic N) is 1. The highest BCUT2D eigenvalue weighted by Gasteiger charge is 2.16. The summed E-state index contributed by atoms with van der Waals surface area (Å²) >= 11 is 9.93. The molecule has 0 radical (unpaired) electrons. The van der Waals surface area contributed by atoms with Crippen molar-refractivity contribution in [3.05, 3.63) is 13.9 Å². The standard InChI is InChI=1S/C6H5BrClNO2S/c1-2-11-5(10)3-4(7)12-6(8)9-3/h2H2,1H3. The lowest BCUT2D eigenvalue weighted by Gasteiger charge is -1.96. The van der Waals surface area contributed by atoms with Crippen LogP contribution in [-0.4, -0.2) is 17.6 Å². The number of hydrogen-bond acceptors (Lipinski definition) is 4. The Hall–Kier alpha value is -0.130. The second-order valence-electron chi connectivity index (χ2n) is 1.81. The summed E-state index contributed by atoms with van der Waals surface area (Å²) in [7, 11) is 0. The normalized spacial score (nSPS) is 9.92. The van der Waals surface area contributed by atoms with E-state index in [0.29, 0.717) is 14.9 Å². The van der Waals surface area contributed by atoms with Crippen molar-refractivity contribution >= 4 is 44.8 Å². The molecule has 0 atom stereocenters. The summed E-state index contributed by atoms with van der Waals surface area (Å²) < 4.78 is 5.67. The molecule has 0 aliphatic carbocycles. The van der Waals surface area contributed by atoms with Crippen LogP contribution in [-0.2, 0) is 4.74 Å². The summed E-state index contributed by atoms with van der Waals surface area (Å²) in [5, 5.41) is 0. The van der Waals surface area contributed by atoms with Gasteiger partial charge in [0.05, 0.1) is 6.61 Å². The number of carbonyl (C=O) groups is 1. The molecule has 0 aliphatic heterocycles. The van der Waals surface area contributed by atoms with Crippen LogP contribution in [0, 0.1) is 0 Å². The first-order chi connectivity index (χ1) is 5.65. The average molecular weight is 271 g/mol. The molecule has 6 heteroatoms. The number of ether oxygens (including phenoxy) is 1. The molecule has 0 saturated heterocycles. The minimum absolute atomic E-state index is 0.242. The van der Waals surface area contributed by atoms with Crippen LogP contribution in [0.3, 0.4) is 0 Å². The summed E-state index contributed by atoms with van der Waals surface area (Å²) in [5.74, 6) is -0.451. The van der Waals surface area contributed by atoms with E-state index < -0.39 is 5.97 Å². The van der Waals surface area contributed by atoms with Gasteiger partial charge < -0.3 is 4.74 Å². The molecule has 0 N–H and O–H groups in total. The Balaban J connectivity index is 2.87. The third kappa shape index (κ3) is 2.18. The Labute approximate surface area is 86.8 Å². The highest BCUT2D eigenvalue weighted by Crippen LogP contribution is 2.28. The minimum atomic E-state index is -0.451. The predicted octanol–water partition coefficient (Wildman–Crippen LogP) is 2.74. The first-order valence-corrected chi connectivity index (χ1v) is 5.12. The van der Waals surface area contributed by atoms with Crippen LogP contribution < -0.4 is 0 Å². The van der Waals surface area contributed by atoms with Gasteiger partial charge in [-0.05, 0) is 22.9 Å². The third-order valence-corrected chi connectivity index (χ3v) is 2.84. The second kappa shape index (κ2) is 4.20. The van der Waals surface area contributed by atoms with E-state index in [1.54, 1.807) is 6.92 Å². The van der Waals surface area contributed by atoms with Gasteiger partial charge in [-0.1, -0.05) is 22.9 Å². The number of hydrogen-bond donors (Lipinski definition) is 0. The quantitative estimate of drug-likeness (QED) is 0.776. The van der Waals surface area contributed by atoms with Crippen molar-refractivity contribution in [3.8, 4) is 0 Å². The van der Waals surface area contributed by atoms with Gasteiger partial charge in [0, 0.05) is 0 Å². The van der Waals surface area contributed by atoms with E-state index in [2.05, 4.69) is 20.9 Å². The molecule has 1 aromatic rings. The zero-order chi connectivity index (χ0) is 9.14. The largest absolute Gasteiger partial charge is 0.461 e. The Bertz CT molecular complexity index is 302. The van der Waals surface area contributed by atoms with Crippen LogP contribution in [0.15, 0.2) is 3.79 Å². The third-order valence-electron chi connectivity index (χ3n) is 1.03. The van der Waals surface area contributed by atoms with Gasteiger partial charge in [-0.3, -0.25) is 0 Å². The van der Waals surface area contributed by atoms with E-state index in [4.69, 9.17) is 16.3 Å². The van der Waals surface area contributed by atoms with Gasteiger partial charge >= 0.3 is 5.97 Å².